The standard InChI is InChI=1S/C15H15N3O2S/c1-9-6-11-14(16-8-9)18(15(21)17-11)12-5-4-10(19-2)7-13(12)20-3/h4-8H,1-3H3,(H,17,21). The first-order valence-electron chi connectivity index (χ1n) is 6.44. The van der Waals surface area contributed by atoms with E-state index in [1.165, 1.54) is 0 Å². The molecular formula is C15H15N3O2S. The smallest absolute Gasteiger partial charge is 0.184 e. The van der Waals surface area contributed by atoms with E-state index < -0.39 is 0 Å². The number of imidazole rings is 1. The van der Waals surface area contributed by atoms with Crippen LogP contribution in [0.4, 0.5) is 0 Å². The van der Waals surface area contributed by atoms with E-state index in [2.05, 4.69) is 9.97 Å². The predicted octanol–water partition coefficient (Wildman–Crippen LogP) is 3.41. The summed E-state index contributed by atoms with van der Waals surface area (Å²) in [5.41, 5.74) is 3.57. The number of hydrogen-bond acceptors (Lipinski definition) is 4. The monoisotopic (exact) mass is 301 g/mol. The van der Waals surface area contributed by atoms with E-state index in [-0.39, 0.29) is 0 Å². The van der Waals surface area contributed by atoms with Crippen LogP contribution in [0.15, 0.2) is 30.5 Å². The summed E-state index contributed by atoms with van der Waals surface area (Å²) < 4.78 is 13.1. The Morgan fingerprint density at radius 2 is 2.00 bits per heavy atom. The van der Waals surface area contributed by atoms with Gasteiger partial charge in [0, 0.05) is 12.3 Å². The molecule has 3 rings (SSSR count). The third-order valence-corrected chi connectivity index (χ3v) is 3.57. The molecule has 0 fully saturated rings. The zero-order valence-corrected chi connectivity index (χ0v) is 12.8. The molecule has 0 radical (unpaired) electrons. The van der Waals surface area contributed by atoms with Crippen LogP contribution in [0.1, 0.15) is 5.56 Å². The molecule has 0 spiro atoms. The number of H-pyrrole nitrogens is 1. The van der Waals surface area contributed by atoms with Crippen LogP contribution in [0.3, 0.4) is 0 Å². The number of hydrogen-bond donors (Lipinski definition) is 1. The fourth-order valence-electron chi connectivity index (χ4n) is 2.29. The highest BCUT2D eigenvalue weighted by atomic mass is 32.1. The van der Waals surface area contributed by atoms with E-state index >= 15 is 0 Å². The number of aromatic amines is 1. The molecule has 0 aliphatic carbocycles. The van der Waals surface area contributed by atoms with Crippen molar-refractivity contribution in [3.63, 3.8) is 0 Å². The van der Waals surface area contributed by atoms with Crippen molar-refractivity contribution < 1.29 is 9.47 Å². The second-order valence-electron chi connectivity index (χ2n) is 4.69. The summed E-state index contributed by atoms with van der Waals surface area (Å²) in [6.45, 7) is 1.99. The molecule has 1 aromatic carbocycles. The van der Waals surface area contributed by atoms with Gasteiger partial charge in [0.1, 0.15) is 11.5 Å². The minimum Gasteiger partial charge on any atom is -0.497 e. The van der Waals surface area contributed by atoms with Gasteiger partial charge in [-0.1, -0.05) is 0 Å². The maximum absolute atomic E-state index is 5.45. The Hall–Kier alpha value is -2.34. The second-order valence-corrected chi connectivity index (χ2v) is 5.07. The molecule has 3 aromatic rings. The maximum Gasteiger partial charge on any atom is 0.184 e. The van der Waals surface area contributed by atoms with Crippen molar-refractivity contribution in [1.29, 1.82) is 0 Å². The number of pyridine rings is 1. The van der Waals surface area contributed by atoms with Crippen molar-refractivity contribution in [2.45, 2.75) is 6.92 Å². The number of benzene rings is 1. The number of rotatable bonds is 3. The number of aryl methyl sites for hydroxylation is 1. The van der Waals surface area contributed by atoms with Crippen LogP contribution in [-0.2, 0) is 0 Å². The van der Waals surface area contributed by atoms with Gasteiger partial charge in [0.2, 0.25) is 0 Å². The molecule has 0 saturated carbocycles. The van der Waals surface area contributed by atoms with Gasteiger partial charge in [-0.2, -0.15) is 0 Å². The molecule has 0 amide bonds. The number of nitrogens with one attached hydrogen (secondary N) is 1. The minimum absolute atomic E-state index is 0.576. The van der Waals surface area contributed by atoms with Crippen molar-refractivity contribution in [2.75, 3.05) is 14.2 Å². The Labute approximate surface area is 127 Å². The van der Waals surface area contributed by atoms with Gasteiger partial charge >= 0.3 is 0 Å². The van der Waals surface area contributed by atoms with Crippen LogP contribution in [0.5, 0.6) is 11.5 Å². The average Bonchev–Trinajstić information content (AvgIpc) is 2.81. The fourth-order valence-corrected chi connectivity index (χ4v) is 2.59. The summed E-state index contributed by atoms with van der Waals surface area (Å²) >= 11 is 5.43. The molecule has 108 valence electrons. The summed E-state index contributed by atoms with van der Waals surface area (Å²) in [4.78, 5) is 7.65. The normalized spacial score (nSPS) is 10.8. The van der Waals surface area contributed by atoms with E-state index in [0.717, 1.165) is 28.2 Å². The lowest BCUT2D eigenvalue weighted by molar-refractivity contribution is 0.393. The summed E-state index contributed by atoms with van der Waals surface area (Å²) in [5, 5.41) is 0. The summed E-state index contributed by atoms with van der Waals surface area (Å²) in [6.07, 6.45) is 1.82. The van der Waals surface area contributed by atoms with Crippen molar-refractivity contribution in [3.8, 4) is 17.2 Å². The van der Waals surface area contributed by atoms with Crippen molar-refractivity contribution in [3.05, 3.63) is 40.8 Å². The third kappa shape index (κ3) is 2.27. The molecule has 6 heteroatoms. The first-order chi connectivity index (χ1) is 10.1. The van der Waals surface area contributed by atoms with Crippen LogP contribution >= 0.6 is 12.2 Å². The van der Waals surface area contributed by atoms with Gasteiger partial charge in [-0.15, -0.1) is 0 Å². The van der Waals surface area contributed by atoms with Gasteiger partial charge in [0.25, 0.3) is 0 Å². The number of nitrogens with zero attached hydrogens (tertiary/aromatic N) is 2. The number of methoxy groups -OCH3 is 2. The average molecular weight is 301 g/mol. The van der Waals surface area contributed by atoms with Gasteiger partial charge in [-0.05, 0) is 42.9 Å². The molecule has 5 nitrogen and oxygen atoms in total. The molecule has 2 aromatic heterocycles. The molecule has 1 N–H and O–H groups in total. The lowest BCUT2D eigenvalue weighted by Crippen LogP contribution is -2.00. The van der Waals surface area contributed by atoms with Crippen LogP contribution in [0.2, 0.25) is 0 Å². The van der Waals surface area contributed by atoms with E-state index in [1.807, 2.05) is 42.0 Å². The highest BCUT2D eigenvalue weighted by Crippen LogP contribution is 2.30. The molecule has 0 atom stereocenters. The van der Waals surface area contributed by atoms with Crippen molar-refractivity contribution in [1.82, 2.24) is 14.5 Å². The number of ether oxygens (including phenoxy) is 2. The lowest BCUT2D eigenvalue weighted by Gasteiger charge is -2.11. The van der Waals surface area contributed by atoms with Gasteiger partial charge in [-0.3, -0.25) is 4.57 Å². The van der Waals surface area contributed by atoms with E-state index in [4.69, 9.17) is 21.7 Å². The van der Waals surface area contributed by atoms with Crippen molar-refractivity contribution >= 4 is 23.4 Å². The predicted molar refractivity (Wildman–Crippen MR) is 84.1 cm³/mol. The molecule has 0 aliphatic rings. The Morgan fingerprint density at radius 1 is 1.19 bits per heavy atom. The van der Waals surface area contributed by atoms with Crippen LogP contribution in [-0.4, -0.2) is 28.8 Å². The number of fused-ring (bicyclic) bond motifs is 1. The van der Waals surface area contributed by atoms with Gasteiger partial charge in [0.05, 0.1) is 25.4 Å². The van der Waals surface area contributed by atoms with Crippen LogP contribution in [0, 0.1) is 11.7 Å². The quantitative estimate of drug-likeness (QED) is 0.753. The topological polar surface area (TPSA) is 52.1 Å². The van der Waals surface area contributed by atoms with E-state index in [9.17, 15) is 0 Å². The number of aromatic nitrogens is 3. The fraction of sp³-hybridized carbons (Fsp3) is 0.200. The zero-order chi connectivity index (χ0) is 15.0. The molecular weight excluding hydrogens is 286 g/mol. The van der Waals surface area contributed by atoms with Crippen LogP contribution in [0.25, 0.3) is 16.9 Å². The molecule has 0 saturated heterocycles. The molecule has 0 bridgehead atoms. The van der Waals surface area contributed by atoms with Gasteiger partial charge < -0.3 is 14.5 Å². The molecule has 21 heavy (non-hydrogen) atoms. The highest BCUT2D eigenvalue weighted by Gasteiger charge is 2.13. The minimum atomic E-state index is 0.576. The Kier molecular flexibility index (Phi) is 3.39. The zero-order valence-electron chi connectivity index (χ0n) is 12.0. The second kappa shape index (κ2) is 5.21. The highest BCUT2D eigenvalue weighted by molar-refractivity contribution is 7.71. The van der Waals surface area contributed by atoms with E-state index in [0.29, 0.717) is 10.5 Å². The van der Waals surface area contributed by atoms with Gasteiger partial charge in [-0.25, -0.2) is 4.98 Å². The summed E-state index contributed by atoms with van der Waals surface area (Å²) in [5.74, 6) is 1.40. The van der Waals surface area contributed by atoms with Crippen molar-refractivity contribution in [2.24, 2.45) is 0 Å². The van der Waals surface area contributed by atoms with E-state index in [1.54, 1.807) is 14.2 Å². The first-order valence-corrected chi connectivity index (χ1v) is 6.84. The molecule has 0 unspecified atom stereocenters. The Balaban J connectivity index is 2.30. The third-order valence-electron chi connectivity index (χ3n) is 3.29. The molecule has 0 aliphatic heterocycles. The van der Waals surface area contributed by atoms with Gasteiger partial charge in [0.15, 0.2) is 10.4 Å². The maximum atomic E-state index is 5.45. The first kappa shape index (κ1) is 13.6. The largest absolute Gasteiger partial charge is 0.497 e. The summed E-state index contributed by atoms with van der Waals surface area (Å²) in [7, 11) is 3.24. The lowest BCUT2D eigenvalue weighted by atomic mass is 10.2. The summed E-state index contributed by atoms with van der Waals surface area (Å²) in [6, 6.07) is 7.61. The van der Waals surface area contributed by atoms with Crippen LogP contribution < -0.4 is 9.47 Å². The SMILES string of the molecule is COc1ccc(-n2c(=S)[nH]c3cc(C)cnc32)c(OC)c1. The Bertz CT molecular complexity index is 867. The Morgan fingerprint density at radius 3 is 2.71 bits per heavy atom. The molecule has 2 heterocycles.